The highest BCUT2D eigenvalue weighted by Gasteiger charge is 2.48. The molecule has 1 spiro atoms. The summed E-state index contributed by atoms with van der Waals surface area (Å²) in [6.07, 6.45) is 1.96. The van der Waals surface area contributed by atoms with Gasteiger partial charge in [-0.05, 0) is 73.8 Å². The van der Waals surface area contributed by atoms with Crippen LogP contribution in [0.2, 0.25) is 15.1 Å². The van der Waals surface area contributed by atoms with Crippen molar-refractivity contribution in [2.24, 2.45) is 5.41 Å². The Morgan fingerprint density at radius 1 is 0.976 bits per heavy atom. The highest BCUT2D eigenvalue weighted by Crippen LogP contribution is 2.56. The second-order valence-electron chi connectivity index (χ2n) is 12.2. The van der Waals surface area contributed by atoms with E-state index >= 15 is 0 Å². The van der Waals surface area contributed by atoms with Gasteiger partial charge in [0.2, 0.25) is 5.13 Å². The third-order valence-corrected chi connectivity index (χ3v) is 9.49. The van der Waals surface area contributed by atoms with E-state index < -0.39 is 0 Å². The van der Waals surface area contributed by atoms with E-state index in [2.05, 4.69) is 52.2 Å². The van der Waals surface area contributed by atoms with Gasteiger partial charge in [0.05, 0.1) is 17.1 Å². The van der Waals surface area contributed by atoms with Gasteiger partial charge >= 0.3 is 0 Å². The number of piperidine rings is 1. The standard InChI is InChI=1S/C31H32Cl3N5OS/c1-30(2,3)17-38-12-10-31(11-13-38)18-39(27-25(40)9-8-22(34)26(27)31)24-7-5-4-6-23(24)35-29-37-36-28(41-29)19-14-20(32)16-21(33)15-19/h4-9,14-16,40H,10-13,17-18H2,1-3H3,(H,35,37). The van der Waals surface area contributed by atoms with Gasteiger partial charge in [-0.2, -0.15) is 0 Å². The number of likely N-dealkylation sites (tertiary alicyclic amines) is 1. The van der Waals surface area contributed by atoms with Crippen LogP contribution >= 0.6 is 46.1 Å². The molecule has 1 aromatic heterocycles. The van der Waals surface area contributed by atoms with Crippen LogP contribution in [0.15, 0.2) is 54.6 Å². The maximum atomic E-state index is 11.2. The van der Waals surface area contributed by atoms with Crippen LogP contribution in [0.5, 0.6) is 5.75 Å². The first-order chi connectivity index (χ1) is 19.5. The number of hydrogen-bond donors (Lipinski definition) is 2. The molecule has 6 nitrogen and oxygen atoms in total. The normalized spacial score (nSPS) is 16.8. The van der Waals surface area contributed by atoms with E-state index in [1.807, 2.05) is 36.4 Å². The van der Waals surface area contributed by atoms with Crippen LogP contribution in [-0.2, 0) is 5.41 Å². The predicted molar refractivity (Wildman–Crippen MR) is 172 cm³/mol. The Labute approximate surface area is 259 Å². The van der Waals surface area contributed by atoms with Crippen molar-refractivity contribution in [1.29, 1.82) is 0 Å². The zero-order valence-corrected chi connectivity index (χ0v) is 26.3. The molecule has 0 saturated carbocycles. The molecule has 41 heavy (non-hydrogen) atoms. The number of fused-ring (bicyclic) bond motifs is 2. The first-order valence-corrected chi connectivity index (χ1v) is 15.6. The van der Waals surface area contributed by atoms with Gasteiger partial charge in [-0.15, -0.1) is 10.2 Å². The van der Waals surface area contributed by atoms with Gasteiger partial charge in [0.15, 0.2) is 0 Å². The minimum absolute atomic E-state index is 0.144. The largest absolute Gasteiger partial charge is 0.506 e. The topological polar surface area (TPSA) is 64.5 Å². The fourth-order valence-corrected chi connectivity index (χ4v) is 7.84. The van der Waals surface area contributed by atoms with Crippen LogP contribution in [-0.4, -0.2) is 46.4 Å². The molecule has 1 saturated heterocycles. The van der Waals surface area contributed by atoms with Crippen LogP contribution in [0.4, 0.5) is 22.2 Å². The number of phenolic OH excluding ortho intramolecular Hbond substituents is 1. The van der Waals surface area contributed by atoms with Crippen molar-refractivity contribution in [3.63, 3.8) is 0 Å². The first kappa shape index (κ1) is 28.6. The molecular weight excluding hydrogens is 597 g/mol. The highest BCUT2D eigenvalue weighted by molar-refractivity contribution is 7.18. The summed E-state index contributed by atoms with van der Waals surface area (Å²) in [4.78, 5) is 4.77. The number of aromatic hydroxyl groups is 1. The number of benzene rings is 3. The number of aromatic nitrogens is 2. The van der Waals surface area contributed by atoms with E-state index in [1.165, 1.54) is 11.3 Å². The molecular formula is C31H32Cl3N5OS. The number of para-hydroxylation sites is 2. The second kappa shape index (κ2) is 10.9. The zero-order chi connectivity index (χ0) is 28.9. The van der Waals surface area contributed by atoms with Crippen molar-refractivity contribution < 1.29 is 5.11 Å². The molecule has 0 radical (unpaired) electrons. The predicted octanol–water partition coefficient (Wildman–Crippen LogP) is 9.15. The van der Waals surface area contributed by atoms with E-state index in [9.17, 15) is 5.11 Å². The third kappa shape index (κ3) is 5.75. The molecule has 2 N–H and O–H groups in total. The molecule has 2 aliphatic heterocycles. The van der Waals surface area contributed by atoms with E-state index in [1.54, 1.807) is 12.1 Å². The number of anilines is 4. The molecule has 6 rings (SSSR count). The molecule has 0 aliphatic carbocycles. The second-order valence-corrected chi connectivity index (χ2v) is 14.5. The summed E-state index contributed by atoms with van der Waals surface area (Å²) in [5, 5.41) is 26.6. The molecule has 3 heterocycles. The van der Waals surface area contributed by atoms with Gasteiger partial charge in [-0.3, -0.25) is 0 Å². The van der Waals surface area contributed by atoms with Gasteiger partial charge in [0, 0.05) is 44.7 Å². The summed E-state index contributed by atoms with van der Waals surface area (Å²) in [7, 11) is 0. The lowest BCUT2D eigenvalue weighted by Gasteiger charge is -2.42. The number of rotatable bonds is 5. The first-order valence-electron chi connectivity index (χ1n) is 13.7. The fraction of sp³-hybridized carbons (Fsp3) is 0.355. The molecule has 10 heteroatoms. The SMILES string of the molecule is CC(C)(C)CN1CCC2(CC1)CN(c1ccccc1Nc1nnc(-c3cc(Cl)cc(Cl)c3)s1)c1c(O)ccc(Cl)c12. The zero-order valence-electron chi connectivity index (χ0n) is 23.2. The Hall–Kier alpha value is -2.55. The lowest BCUT2D eigenvalue weighted by molar-refractivity contribution is 0.125. The number of nitrogens with one attached hydrogen (secondary N) is 1. The number of halogens is 3. The summed E-state index contributed by atoms with van der Waals surface area (Å²) >= 11 is 20.8. The van der Waals surface area contributed by atoms with E-state index in [0.29, 0.717) is 25.2 Å². The van der Waals surface area contributed by atoms with Gasteiger partial charge in [0.1, 0.15) is 10.8 Å². The molecule has 214 valence electrons. The molecule has 3 aromatic carbocycles. The number of hydrogen-bond acceptors (Lipinski definition) is 7. The van der Waals surface area contributed by atoms with Crippen LogP contribution in [0.3, 0.4) is 0 Å². The minimum atomic E-state index is -0.144. The average molecular weight is 629 g/mol. The van der Waals surface area contributed by atoms with Crippen molar-refractivity contribution >= 4 is 68.3 Å². The van der Waals surface area contributed by atoms with Crippen LogP contribution in [0.25, 0.3) is 10.6 Å². The Bertz CT molecular complexity index is 1570. The molecule has 2 aliphatic rings. The number of phenols is 1. The Balaban J connectivity index is 1.32. The van der Waals surface area contributed by atoms with Gasteiger partial charge < -0.3 is 20.2 Å². The van der Waals surface area contributed by atoms with Crippen molar-refractivity contribution in [2.75, 3.05) is 36.4 Å². The number of nitrogens with zero attached hydrogens (tertiary/aromatic N) is 4. The molecule has 1 fully saturated rings. The third-order valence-electron chi connectivity index (χ3n) is 7.85. The van der Waals surface area contributed by atoms with Crippen LogP contribution in [0, 0.1) is 5.41 Å². The molecule has 0 unspecified atom stereocenters. The highest BCUT2D eigenvalue weighted by atomic mass is 35.5. The summed E-state index contributed by atoms with van der Waals surface area (Å²) < 4.78 is 0. The Morgan fingerprint density at radius 2 is 1.68 bits per heavy atom. The van der Waals surface area contributed by atoms with E-state index in [4.69, 9.17) is 34.8 Å². The van der Waals surface area contributed by atoms with Crippen molar-refractivity contribution in [1.82, 2.24) is 15.1 Å². The Kier molecular flexibility index (Phi) is 7.62. The molecule has 0 amide bonds. The molecule has 4 aromatic rings. The lowest BCUT2D eigenvalue weighted by atomic mass is 9.74. The smallest absolute Gasteiger partial charge is 0.210 e. The Morgan fingerprint density at radius 3 is 2.39 bits per heavy atom. The summed E-state index contributed by atoms with van der Waals surface area (Å²) in [5.41, 5.74) is 4.58. The average Bonchev–Trinajstić information content (AvgIpc) is 3.51. The molecule has 0 bridgehead atoms. The van der Waals surface area contributed by atoms with Gasteiger partial charge in [-0.25, -0.2) is 0 Å². The summed E-state index contributed by atoms with van der Waals surface area (Å²) in [5.74, 6) is 0.240. The monoisotopic (exact) mass is 627 g/mol. The van der Waals surface area contributed by atoms with Crippen LogP contribution in [0.1, 0.15) is 39.2 Å². The van der Waals surface area contributed by atoms with Gasteiger partial charge in [0.25, 0.3) is 0 Å². The molecule has 0 atom stereocenters. The maximum absolute atomic E-state index is 11.2. The van der Waals surface area contributed by atoms with E-state index in [0.717, 1.165) is 67.2 Å². The summed E-state index contributed by atoms with van der Waals surface area (Å²) in [6.45, 7) is 10.7. The van der Waals surface area contributed by atoms with Crippen molar-refractivity contribution in [3.8, 4) is 16.3 Å². The van der Waals surface area contributed by atoms with Gasteiger partial charge in [-0.1, -0.05) is 79.0 Å². The minimum Gasteiger partial charge on any atom is -0.506 e. The fourth-order valence-electron chi connectivity index (χ4n) is 6.22. The maximum Gasteiger partial charge on any atom is 0.210 e. The van der Waals surface area contributed by atoms with Crippen molar-refractivity contribution in [2.45, 2.75) is 39.0 Å². The van der Waals surface area contributed by atoms with E-state index in [-0.39, 0.29) is 16.6 Å². The quantitative estimate of drug-likeness (QED) is 0.230. The lowest BCUT2D eigenvalue weighted by Crippen LogP contribution is -2.46. The van der Waals surface area contributed by atoms with Crippen LogP contribution < -0.4 is 10.2 Å². The summed E-state index contributed by atoms with van der Waals surface area (Å²) in [6, 6.07) is 17.0. The van der Waals surface area contributed by atoms with Crippen molar-refractivity contribution in [3.05, 3.63) is 75.2 Å².